The zero-order valence-electron chi connectivity index (χ0n) is 7.40. The van der Waals surface area contributed by atoms with Crippen molar-refractivity contribution in [3.05, 3.63) is 35.9 Å². The molecule has 0 bridgehead atoms. The summed E-state index contributed by atoms with van der Waals surface area (Å²) in [6.07, 6.45) is 1.85. The molecule has 0 unspecified atom stereocenters. The molecule has 0 amide bonds. The topological polar surface area (TPSA) is 50.2 Å². The molecule has 1 aromatic rings. The molecule has 12 heavy (non-hydrogen) atoms. The zero-order valence-corrected chi connectivity index (χ0v) is 9.40. The first-order valence-electron chi connectivity index (χ1n) is 3.58. The molecule has 0 spiro atoms. The number of hydrogen-bond donors (Lipinski definition) is 1. The van der Waals surface area contributed by atoms with E-state index in [2.05, 4.69) is 12.1 Å². The monoisotopic (exact) mass is 176 g/mol. The Morgan fingerprint density at radius 3 is 2.17 bits per heavy atom. The van der Waals surface area contributed by atoms with Gasteiger partial charge in [0.2, 0.25) is 0 Å². The minimum atomic E-state index is 0. The van der Waals surface area contributed by atoms with Gasteiger partial charge in [0.05, 0.1) is 0 Å². The van der Waals surface area contributed by atoms with Crippen LogP contribution < -0.4 is 29.6 Å². The van der Waals surface area contributed by atoms with Gasteiger partial charge in [0, 0.05) is 6.61 Å². The number of hydrogen-bond acceptors (Lipinski definition) is 2. The number of benzene rings is 1. The molecule has 0 atom stereocenters. The van der Waals surface area contributed by atoms with E-state index >= 15 is 0 Å². The fourth-order valence-corrected chi connectivity index (χ4v) is 0.928. The predicted molar refractivity (Wildman–Crippen MR) is 43.8 cm³/mol. The van der Waals surface area contributed by atoms with E-state index in [0.717, 1.165) is 12.8 Å². The molecule has 0 saturated heterocycles. The molecule has 1 rings (SSSR count). The van der Waals surface area contributed by atoms with Crippen molar-refractivity contribution in [1.82, 2.24) is 0 Å². The van der Waals surface area contributed by atoms with Crippen LogP contribution in [0.25, 0.3) is 0 Å². The summed E-state index contributed by atoms with van der Waals surface area (Å²) in [5.74, 6) is 0. The van der Waals surface area contributed by atoms with E-state index in [-0.39, 0.29) is 41.6 Å². The maximum absolute atomic E-state index is 8.53. The van der Waals surface area contributed by atoms with Crippen molar-refractivity contribution in [3.63, 3.8) is 0 Å². The Hall–Kier alpha value is 0.140. The molecule has 0 aliphatic rings. The van der Waals surface area contributed by atoms with Gasteiger partial charge in [-0.3, -0.25) is 0 Å². The van der Waals surface area contributed by atoms with E-state index in [4.69, 9.17) is 5.11 Å². The van der Waals surface area contributed by atoms with Gasteiger partial charge in [-0.05, 0) is 18.4 Å². The van der Waals surface area contributed by atoms with Gasteiger partial charge in [0.15, 0.2) is 0 Å². The molecule has 0 saturated carbocycles. The quantitative estimate of drug-likeness (QED) is 0.566. The van der Waals surface area contributed by atoms with Crippen molar-refractivity contribution in [2.24, 2.45) is 0 Å². The van der Waals surface area contributed by atoms with Crippen LogP contribution in [0.4, 0.5) is 0 Å². The minimum absolute atomic E-state index is 0. The van der Waals surface area contributed by atoms with E-state index in [9.17, 15) is 0 Å². The third-order valence-electron chi connectivity index (χ3n) is 1.47. The van der Waals surface area contributed by atoms with Crippen molar-refractivity contribution >= 4 is 0 Å². The number of aliphatic hydroxyl groups is 1. The molecule has 1 aromatic carbocycles. The SMILES string of the molecule is OCCCc1ccccc1.[Na+].[OH-]. The van der Waals surface area contributed by atoms with Crippen LogP contribution in [-0.4, -0.2) is 17.2 Å². The van der Waals surface area contributed by atoms with Crippen molar-refractivity contribution in [3.8, 4) is 0 Å². The molecule has 0 radical (unpaired) electrons. The molecule has 62 valence electrons. The largest absolute Gasteiger partial charge is 1.00 e. The Balaban J connectivity index is 0. The van der Waals surface area contributed by atoms with Crippen molar-refractivity contribution in [2.75, 3.05) is 6.61 Å². The summed E-state index contributed by atoms with van der Waals surface area (Å²) in [4.78, 5) is 0. The summed E-state index contributed by atoms with van der Waals surface area (Å²) < 4.78 is 0. The Bertz CT molecular complexity index is 177. The van der Waals surface area contributed by atoms with Crippen molar-refractivity contribution < 1.29 is 40.1 Å². The van der Waals surface area contributed by atoms with Crippen molar-refractivity contribution in [1.29, 1.82) is 0 Å². The van der Waals surface area contributed by atoms with Crippen LogP contribution in [0.2, 0.25) is 0 Å². The molecular formula is C9H13NaO2. The summed E-state index contributed by atoms with van der Waals surface area (Å²) in [5, 5.41) is 8.53. The van der Waals surface area contributed by atoms with Crippen LogP contribution >= 0.6 is 0 Å². The van der Waals surface area contributed by atoms with Gasteiger partial charge in [-0.2, -0.15) is 0 Å². The maximum Gasteiger partial charge on any atom is 1.00 e. The molecule has 0 fully saturated rings. The van der Waals surface area contributed by atoms with Crippen LogP contribution in [0.3, 0.4) is 0 Å². The molecule has 2 nitrogen and oxygen atoms in total. The first-order valence-corrected chi connectivity index (χ1v) is 3.58. The Kier molecular flexibility index (Phi) is 11.3. The van der Waals surface area contributed by atoms with E-state index in [1.165, 1.54) is 5.56 Å². The van der Waals surface area contributed by atoms with E-state index < -0.39 is 0 Å². The molecular weight excluding hydrogens is 163 g/mol. The van der Waals surface area contributed by atoms with Gasteiger partial charge >= 0.3 is 29.6 Å². The third kappa shape index (κ3) is 5.75. The first kappa shape index (κ1) is 14.7. The normalized spacial score (nSPS) is 8.08. The summed E-state index contributed by atoms with van der Waals surface area (Å²) >= 11 is 0. The molecule has 0 aromatic heterocycles. The zero-order chi connectivity index (χ0) is 7.23. The minimum Gasteiger partial charge on any atom is -0.870 e. The van der Waals surface area contributed by atoms with Gasteiger partial charge in [-0.1, -0.05) is 30.3 Å². The Morgan fingerprint density at radius 1 is 1.08 bits per heavy atom. The van der Waals surface area contributed by atoms with Crippen LogP contribution in [-0.2, 0) is 6.42 Å². The standard InChI is InChI=1S/C9H12O.Na.H2O/c10-8-4-7-9-5-2-1-3-6-9;;/h1-3,5-6,10H,4,7-8H2;;1H2/q;+1;/p-1. The molecule has 0 aliphatic heterocycles. The Labute approximate surface area is 95.2 Å². The second-order valence-electron chi connectivity index (χ2n) is 2.31. The molecule has 0 aliphatic carbocycles. The van der Waals surface area contributed by atoms with Crippen LogP contribution in [0.5, 0.6) is 0 Å². The van der Waals surface area contributed by atoms with Crippen LogP contribution in [0, 0.1) is 0 Å². The van der Waals surface area contributed by atoms with E-state index in [1.54, 1.807) is 0 Å². The third-order valence-corrected chi connectivity index (χ3v) is 1.47. The van der Waals surface area contributed by atoms with E-state index in [0.29, 0.717) is 0 Å². The average molecular weight is 176 g/mol. The average Bonchev–Trinajstić information content (AvgIpc) is 2.03. The maximum atomic E-state index is 8.53. The smallest absolute Gasteiger partial charge is 0.870 e. The fourth-order valence-electron chi connectivity index (χ4n) is 0.928. The van der Waals surface area contributed by atoms with Gasteiger partial charge in [0.1, 0.15) is 0 Å². The van der Waals surface area contributed by atoms with Crippen molar-refractivity contribution in [2.45, 2.75) is 12.8 Å². The molecule has 3 heteroatoms. The van der Waals surface area contributed by atoms with E-state index in [1.807, 2.05) is 18.2 Å². The summed E-state index contributed by atoms with van der Waals surface area (Å²) in [6, 6.07) is 10.2. The van der Waals surface area contributed by atoms with Crippen LogP contribution in [0.15, 0.2) is 30.3 Å². The number of aryl methyl sites for hydroxylation is 1. The van der Waals surface area contributed by atoms with Gasteiger partial charge in [-0.25, -0.2) is 0 Å². The first-order chi connectivity index (χ1) is 4.93. The summed E-state index contributed by atoms with van der Waals surface area (Å²) in [5.41, 5.74) is 1.30. The van der Waals surface area contributed by atoms with Gasteiger partial charge in [0.25, 0.3) is 0 Å². The predicted octanol–water partition coefficient (Wildman–Crippen LogP) is -1.56. The number of rotatable bonds is 3. The fraction of sp³-hybridized carbons (Fsp3) is 0.333. The summed E-state index contributed by atoms with van der Waals surface area (Å²) in [6.45, 7) is 0.287. The summed E-state index contributed by atoms with van der Waals surface area (Å²) in [7, 11) is 0. The molecule has 0 heterocycles. The number of aliphatic hydroxyl groups excluding tert-OH is 1. The van der Waals surface area contributed by atoms with Gasteiger partial charge in [-0.15, -0.1) is 0 Å². The molecule has 2 N–H and O–H groups in total. The second-order valence-corrected chi connectivity index (χ2v) is 2.31. The van der Waals surface area contributed by atoms with Crippen LogP contribution in [0.1, 0.15) is 12.0 Å². The Morgan fingerprint density at radius 2 is 1.67 bits per heavy atom. The second kappa shape index (κ2) is 9.23. The van der Waals surface area contributed by atoms with Gasteiger partial charge < -0.3 is 10.6 Å².